The number of rotatable bonds is 1. The van der Waals surface area contributed by atoms with E-state index in [1.165, 1.54) is 12.1 Å². The minimum Gasteiger partial charge on any atom is -0.271 e. The van der Waals surface area contributed by atoms with Gasteiger partial charge < -0.3 is 0 Å². The Hall–Kier alpha value is -1.85. The Morgan fingerprint density at radius 1 is 1.00 bits per heavy atom. The fourth-order valence-electron chi connectivity index (χ4n) is 3.03. The van der Waals surface area contributed by atoms with Crippen LogP contribution in [0.25, 0.3) is 0 Å². The van der Waals surface area contributed by atoms with Gasteiger partial charge in [-0.3, -0.25) is 14.5 Å². The topological polar surface area (TPSA) is 37.4 Å². The fourth-order valence-corrected chi connectivity index (χ4v) is 3.03. The molecule has 106 valence electrons. The highest BCUT2D eigenvalue weighted by atomic mass is 19.4. The number of hydrogen-bond acceptors (Lipinski definition) is 2. The highest BCUT2D eigenvalue weighted by Gasteiger charge is 2.49. The molecule has 0 aromatic heterocycles. The lowest BCUT2D eigenvalue weighted by Gasteiger charge is -2.22. The summed E-state index contributed by atoms with van der Waals surface area (Å²) in [6.45, 7) is 0. The van der Waals surface area contributed by atoms with Crippen LogP contribution in [0, 0.1) is 5.92 Å². The minimum atomic E-state index is -4.26. The maximum atomic E-state index is 12.7. The SMILES string of the molecule is O=C1c2ccccc2C(=O)N1[C@@H]1CC[C@H](C(F)(F)F)C1. The predicted octanol–water partition coefficient (Wildman–Crippen LogP) is 3.01. The van der Waals surface area contributed by atoms with Crippen molar-refractivity contribution in [2.75, 3.05) is 0 Å². The quantitative estimate of drug-likeness (QED) is 0.743. The molecular formula is C14H12F3NO2. The van der Waals surface area contributed by atoms with Gasteiger partial charge in [0, 0.05) is 6.04 Å². The Labute approximate surface area is 113 Å². The Morgan fingerprint density at radius 3 is 2.00 bits per heavy atom. The van der Waals surface area contributed by atoms with Gasteiger partial charge in [-0.25, -0.2) is 0 Å². The molecule has 3 rings (SSSR count). The van der Waals surface area contributed by atoms with E-state index >= 15 is 0 Å². The Bertz CT molecular complexity index is 547. The summed E-state index contributed by atoms with van der Waals surface area (Å²) < 4.78 is 38.1. The smallest absolute Gasteiger partial charge is 0.271 e. The molecule has 2 amide bonds. The summed E-state index contributed by atoms with van der Waals surface area (Å²) in [7, 11) is 0. The number of imide groups is 1. The molecule has 0 N–H and O–H groups in total. The second kappa shape index (κ2) is 4.33. The lowest BCUT2D eigenvalue weighted by Crippen LogP contribution is -2.38. The number of hydrogen-bond donors (Lipinski definition) is 0. The Kier molecular flexibility index (Phi) is 2.84. The van der Waals surface area contributed by atoms with Gasteiger partial charge in [-0.1, -0.05) is 12.1 Å². The number of alkyl halides is 3. The van der Waals surface area contributed by atoms with E-state index in [2.05, 4.69) is 0 Å². The molecule has 0 saturated heterocycles. The number of halogens is 3. The van der Waals surface area contributed by atoms with Gasteiger partial charge in [0.25, 0.3) is 11.8 Å². The van der Waals surface area contributed by atoms with E-state index in [1.54, 1.807) is 12.1 Å². The lowest BCUT2D eigenvalue weighted by atomic mass is 10.1. The summed E-state index contributed by atoms with van der Waals surface area (Å²) in [5.74, 6) is -2.37. The van der Waals surface area contributed by atoms with Crippen LogP contribution in [0.3, 0.4) is 0 Å². The molecule has 20 heavy (non-hydrogen) atoms. The number of nitrogens with zero attached hydrogens (tertiary/aromatic N) is 1. The maximum Gasteiger partial charge on any atom is 0.391 e. The van der Waals surface area contributed by atoms with Gasteiger partial charge in [0.05, 0.1) is 17.0 Å². The van der Waals surface area contributed by atoms with Crippen molar-refractivity contribution in [3.8, 4) is 0 Å². The van der Waals surface area contributed by atoms with Crippen molar-refractivity contribution >= 4 is 11.8 Å². The molecule has 3 nitrogen and oxygen atoms in total. The molecule has 1 fully saturated rings. The summed E-state index contributed by atoms with van der Waals surface area (Å²) in [4.78, 5) is 25.4. The van der Waals surface area contributed by atoms with Crippen molar-refractivity contribution in [2.45, 2.75) is 31.5 Å². The summed E-state index contributed by atoms with van der Waals surface area (Å²) in [6.07, 6.45) is -4.25. The van der Waals surface area contributed by atoms with E-state index in [-0.39, 0.29) is 30.4 Å². The molecule has 1 saturated carbocycles. The summed E-state index contributed by atoms with van der Waals surface area (Å²) in [5.41, 5.74) is 0.570. The van der Waals surface area contributed by atoms with Gasteiger partial charge in [0.2, 0.25) is 0 Å². The zero-order valence-electron chi connectivity index (χ0n) is 10.5. The van der Waals surface area contributed by atoms with Crippen LogP contribution >= 0.6 is 0 Å². The highest BCUT2D eigenvalue weighted by Crippen LogP contribution is 2.42. The maximum absolute atomic E-state index is 12.7. The van der Waals surface area contributed by atoms with Crippen LogP contribution in [0.1, 0.15) is 40.0 Å². The first-order valence-electron chi connectivity index (χ1n) is 6.43. The largest absolute Gasteiger partial charge is 0.391 e. The average molecular weight is 283 g/mol. The molecule has 1 aromatic carbocycles. The summed E-state index contributed by atoms with van der Waals surface area (Å²) >= 11 is 0. The predicted molar refractivity (Wildman–Crippen MR) is 64.1 cm³/mol. The van der Waals surface area contributed by atoms with Gasteiger partial charge in [0.1, 0.15) is 0 Å². The fraction of sp³-hybridized carbons (Fsp3) is 0.429. The molecule has 2 atom stereocenters. The number of carbonyl (C=O) groups excluding carboxylic acids is 2. The monoisotopic (exact) mass is 283 g/mol. The molecule has 0 unspecified atom stereocenters. The molecule has 1 aliphatic heterocycles. The van der Waals surface area contributed by atoms with E-state index in [0.717, 1.165) is 4.90 Å². The lowest BCUT2D eigenvalue weighted by molar-refractivity contribution is -0.173. The first kappa shape index (κ1) is 13.1. The molecule has 6 heteroatoms. The van der Waals surface area contributed by atoms with Crippen LogP contribution in [-0.4, -0.2) is 28.9 Å². The average Bonchev–Trinajstić information content (AvgIpc) is 2.95. The van der Waals surface area contributed by atoms with E-state index in [4.69, 9.17) is 0 Å². The van der Waals surface area contributed by atoms with Gasteiger partial charge in [-0.05, 0) is 31.4 Å². The Balaban J connectivity index is 1.84. The van der Waals surface area contributed by atoms with Crippen LogP contribution in [0.4, 0.5) is 13.2 Å². The van der Waals surface area contributed by atoms with Crippen molar-refractivity contribution in [3.05, 3.63) is 35.4 Å². The summed E-state index contributed by atoms with van der Waals surface area (Å²) in [6, 6.07) is 5.70. The molecule has 1 aliphatic carbocycles. The molecule has 0 spiro atoms. The molecule has 0 radical (unpaired) electrons. The van der Waals surface area contributed by atoms with Gasteiger partial charge in [-0.15, -0.1) is 0 Å². The van der Waals surface area contributed by atoms with Crippen LogP contribution in [0.2, 0.25) is 0 Å². The Morgan fingerprint density at radius 2 is 1.55 bits per heavy atom. The highest BCUT2D eigenvalue weighted by molar-refractivity contribution is 6.21. The third kappa shape index (κ3) is 1.90. The van der Waals surface area contributed by atoms with Crippen LogP contribution < -0.4 is 0 Å². The normalized spacial score (nSPS) is 26.2. The number of benzene rings is 1. The van der Waals surface area contributed by atoms with Gasteiger partial charge in [0.15, 0.2) is 0 Å². The van der Waals surface area contributed by atoms with Crippen LogP contribution in [-0.2, 0) is 0 Å². The number of carbonyl (C=O) groups is 2. The zero-order chi connectivity index (χ0) is 14.5. The van der Waals surface area contributed by atoms with E-state index in [9.17, 15) is 22.8 Å². The van der Waals surface area contributed by atoms with Crippen LogP contribution in [0.5, 0.6) is 0 Å². The third-order valence-electron chi connectivity index (χ3n) is 4.06. The van der Waals surface area contributed by atoms with E-state index < -0.39 is 30.0 Å². The van der Waals surface area contributed by atoms with Crippen molar-refractivity contribution in [3.63, 3.8) is 0 Å². The standard InChI is InChI=1S/C14H12F3NO2/c15-14(16,17)8-5-6-9(7-8)18-12(19)10-3-1-2-4-11(10)13(18)20/h1-4,8-9H,5-7H2/t8-,9+/m0/s1. The van der Waals surface area contributed by atoms with Crippen molar-refractivity contribution in [1.29, 1.82) is 0 Å². The number of amides is 2. The molecule has 1 heterocycles. The summed E-state index contributed by atoms with van der Waals surface area (Å²) in [5, 5.41) is 0. The second-order valence-corrected chi connectivity index (χ2v) is 5.23. The number of fused-ring (bicyclic) bond motifs is 1. The molecule has 2 aliphatic rings. The van der Waals surface area contributed by atoms with Crippen molar-refractivity contribution < 1.29 is 22.8 Å². The van der Waals surface area contributed by atoms with Crippen molar-refractivity contribution in [2.24, 2.45) is 5.92 Å². The van der Waals surface area contributed by atoms with Crippen LogP contribution in [0.15, 0.2) is 24.3 Å². The second-order valence-electron chi connectivity index (χ2n) is 5.23. The van der Waals surface area contributed by atoms with E-state index in [0.29, 0.717) is 0 Å². The first-order chi connectivity index (χ1) is 9.39. The zero-order valence-corrected chi connectivity index (χ0v) is 10.5. The van der Waals surface area contributed by atoms with E-state index in [1.807, 2.05) is 0 Å². The van der Waals surface area contributed by atoms with Crippen molar-refractivity contribution in [1.82, 2.24) is 4.90 Å². The first-order valence-corrected chi connectivity index (χ1v) is 6.43. The minimum absolute atomic E-state index is 0.0262. The third-order valence-corrected chi connectivity index (χ3v) is 4.06. The van der Waals surface area contributed by atoms with Gasteiger partial charge >= 0.3 is 6.18 Å². The molecule has 1 aromatic rings. The molecular weight excluding hydrogens is 271 g/mol. The van der Waals surface area contributed by atoms with Gasteiger partial charge in [-0.2, -0.15) is 13.2 Å². The molecule has 0 bridgehead atoms.